The molecule has 2 aromatic rings. The number of nitrogens with zero attached hydrogens (tertiary/aromatic N) is 2. The number of rotatable bonds is 7. The van der Waals surface area contributed by atoms with Crippen LogP contribution in [0.25, 0.3) is 0 Å². The maximum Gasteiger partial charge on any atom is 0.331 e. The number of carbonyl (C=O) groups is 2. The maximum atomic E-state index is 12.5. The predicted octanol–water partition coefficient (Wildman–Crippen LogP) is 2.08. The van der Waals surface area contributed by atoms with Crippen molar-refractivity contribution in [1.29, 1.82) is 0 Å². The largest absolute Gasteiger partial charge is 0.423 e. The molecular weight excluding hydrogens is 394 g/mol. The van der Waals surface area contributed by atoms with Gasteiger partial charge in [-0.05, 0) is 36.4 Å². The Balaban J connectivity index is 1.68. The van der Waals surface area contributed by atoms with E-state index in [1.165, 1.54) is 16.4 Å². The van der Waals surface area contributed by atoms with E-state index in [4.69, 9.17) is 4.74 Å². The minimum absolute atomic E-state index is 0.0223. The molecule has 9 heteroatoms. The van der Waals surface area contributed by atoms with Gasteiger partial charge in [-0.1, -0.05) is 26.0 Å². The van der Waals surface area contributed by atoms with Gasteiger partial charge in [0.25, 0.3) is 0 Å². The second kappa shape index (κ2) is 8.62. The van der Waals surface area contributed by atoms with Crippen molar-refractivity contribution in [2.24, 2.45) is 0 Å². The number of anilines is 2. The molecule has 1 N–H and O–H groups in total. The van der Waals surface area contributed by atoms with E-state index in [9.17, 15) is 18.0 Å². The van der Waals surface area contributed by atoms with Crippen molar-refractivity contribution in [3.63, 3.8) is 0 Å². The highest BCUT2D eigenvalue weighted by Gasteiger charge is 2.25. The van der Waals surface area contributed by atoms with Gasteiger partial charge in [0, 0.05) is 18.8 Å². The second-order valence-electron chi connectivity index (χ2n) is 6.46. The fraction of sp³-hybridized carbons (Fsp3) is 0.300. The zero-order chi connectivity index (χ0) is 21.0. The number of fused-ring (bicyclic) bond motifs is 1. The molecule has 0 radical (unpaired) electrons. The van der Waals surface area contributed by atoms with Gasteiger partial charge < -0.3 is 15.0 Å². The number of ether oxygens (including phenoxy) is 1. The number of amides is 1. The van der Waals surface area contributed by atoms with E-state index in [2.05, 4.69) is 5.32 Å². The van der Waals surface area contributed by atoms with Gasteiger partial charge in [0.15, 0.2) is 5.75 Å². The molecule has 1 heterocycles. The lowest BCUT2D eigenvalue weighted by Crippen LogP contribution is -2.41. The lowest BCUT2D eigenvalue weighted by Gasteiger charge is -2.29. The van der Waals surface area contributed by atoms with E-state index in [1.54, 1.807) is 55.1 Å². The monoisotopic (exact) mass is 417 g/mol. The molecule has 29 heavy (non-hydrogen) atoms. The summed E-state index contributed by atoms with van der Waals surface area (Å²) in [5, 5.41) is 2.73. The fourth-order valence-electron chi connectivity index (χ4n) is 3.14. The standard InChI is InChI=1S/C20H23N3O5S/c1-3-23(4-2)29(26,27)16-11-9-15(10-12-16)21-19(24)13-22-14-20(25)28-18-8-6-5-7-17(18)22/h5-12H,3-4,13-14H2,1-2H3,(H,21,24). The van der Waals surface area contributed by atoms with Crippen LogP contribution in [0.3, 0.4) is 0 Å². The molecule has 1 amide bonds. The Hall–Kier alpha value is -2.91. The molecule has 1 aliphatic rings. The summed E-state index contributed by atoms with van der Waals surface area (Å²) in [6, 6.07) is 13.0. The van der Waals surface area contributed by atoms with Crippen LogP contribution in [0.2, 0.25) is 0 Å². The molecule has 154 valence electrons. The van der Waals surface area contributed by atoms with E-state index in [-0.39, 0.29) is 23.9 Å². The third-order valence-electron chi connectivity index (χ3n) is 4.57. The van der Waals surface area contributed by atoms with E-state index >= 15 is 0 Å². The van der Waals surface area contributed by atoms with Gasteiger partial charge in [-0.15, -0.1) is 0 Å². The van der Waals surface area contributed by atoms with Crippen LogP contribution in [-0.4, -0.2) is 50.8 Å². The SMILES string of the molecule is CCN(CC)S(=O)(=O)c1ccc(NC(=O)CN2CC(=O)Oc3ccccc32)cc1. The number of nitrogens with one attached hydrogen (secondary N) is 1. The minimum Gasteiger partial charge on any atom is -0.423 e. The number of sulfonamides is 1. The van der Waals surface area contributed by atoms with Crippen LogP contribution in [-0.2, 0) is 19.6 Å². The summed E-state index contributed by atoms with van der Waals surface area (Å²) in [5.41, 5.74) is 1.14. The number of benzene rings is 2. The Morgan fingerprint density at radius 3 is 2.41 bits per heavy atom. The van der Waals surface area contributed by atoms with Crippen molar-refractivity contribution in [2.75, 3.05) is 36.4 Å². The molecule has 0 atom stereocenters. The lowest BCUT2D eigenvalue weighted by molar-refractivity contribution is -0.133. The number of hydrogen-bond acceptors (Lipinski definition) is 6. The lowest BCUT2D eigenvalue weighted by atomic mass is 10.2. The Labute approximate surface area is 170 Å². The highest BCUT2D eigenvalue weighted by molar-refractivity contribution is 7.89. The highest BCUT2D eigenvalue weighted by atomic mass is 32.2. The molecule has 1 aliphatic heterocycles. The summed E-state index contributed by atoms with van der Waals surface area (Å²) >= 11 is 0. The Bertz CT molecular complexity index is 1000. The molecule has 0 fully saturated rings. The predicted molar refractivity (Wildman–Crippen MR) is 109 cm³/mol. The first-order valence-corrected chi connectivity index (χ1v) is 10.7. The first-order valence-electron chi connectivity index (χ1n) is 9.30. The van der Waals surface area contributed by atoms with Gasteiger partial charge in [-0.3, -0.25) is 4.79 Å². The van der Waals surface area contributed by atoms with Gasteiger partial charge in [-0.25, -0.2) is 13.2 Å². The average Bonchev–Trinajstić information content (AvgIpc) is 2.69. The highest BCUT2D eigenvalue weighted by Crippen LogP contribution is 2.31. The molecule has 0 bridgehead atoms. The van der Waals surface area contributed by atoms with Crippen LogP contribution >= 0.6 is 0 Å². The third kappa shape index (κ3) is 4.57. The molecule has 2 aromatic carbocycles. The quantitative estimate of drug-likeness (QED) is 0.547. The summed E-state index contributed by atoms with van der Waals surface area (Å²) in [4.78, 5) is 26.0. The zero-order valence-electron chi connectivity index (χ0n) is 16.3. The Kier molecular flexibility index (Phi) is 6.19. The van der Waals surface area contributed by atoms with Crippen molar-refractivity contribution in [3.8, 4) is 5.75 Å². The topological polar surface area (TPSA) is 96.0 Å². The van der Waals surface area contributed by atoms with Crippen LogP contribution < -0.4 is 15.0 Å². The Morgan fingerprint density at radius 2 is 1.76 bits per heavy atom. The number of hydrogen-bond donors (Lipinski definition) is 1. The number of esters is 1. The smallest absolute Gasteiger partial charge is 0.331 e. The van der Waals surface area contributed by atoms with Crippen LogP contribution in [0.4, 0.5) is 11.4 Å². The zero-order valence-corrected chi connectivity index (χ0v) is 17.1. The number of para-hydroxylation sites is 2. The molecular formula is C20H23N3O5S. The summed E-state index contributed by atoms with van der Waals surface area (Å²) < 4.78 is 31.6. The van der Waals surface area contributed by atoms with Crippen LogP contribution in [0.5, 0.6) is 5.75 Å². The van der Waals surface area contributed by atoms with Crippen molar-refractivity contribution < 1.29 is 22.7 Å². The minimum atomic E-state index is -3.55. The van der Waals surface area contributed by atoms with Crippen molar-refractivity contribution in [1.82, 2.24) is 4.31 Å². The van der Waals surface area contributed by atoms with Crippen LogP contribution in [0, 0.1) is 0 Å². The van der Waals surface area contributed by atoms with Crippen LogP contribution in [0.15, 0.2) is 53.4 Å². The maximum absolute atomic E-state index is 12.5. The summed E-state index contributed by atoms with van der Waals surface area (Å²) in [6.45, 7) is 4.28. The molecule has 8 nitrogen and oxygen atoms in total. The van der Waals surface area contributed by atoms with E-state index < -0.39 is 16.0 Å². The third-order valence-corrected chi connectivity index (χ3v) is 6.63. The summed E-state index contributed by atoms with van der Waals surface area (Å²) in [7, 11) is -3.55. The van der Waals surface area contributed by atoms with E-state index in [0.717, 1.165) is 0 Å². The number of carbonyl (C=O) groups excluding carboxylic acids is 2. The Morgan fingerprint density at radius 1 is 1.10 bits per heavy atom. The molecule has 0 aliphatic carbocycles. The van der Waals surface area contributed by atoms with Gasteiger partial charge >= 0.3 is 5.97 Å². The van der Waals surface area contributed by atoms with E-state index in [0.29, 0.717) is 30.2 Å². The van der Waals surface area contributed by atoms with E-state index in [1.807, 2.05) is 0 Å². The van der Waals surface area contributed by atoms with Gasteiger partial charge in [-0.2, -0.15) is 4.31 Å². The van der Waals surface area contributed by atoms with Crippen molar-refractivity contribution >= 4 is 33.3 Å². The summed E-state index contributed by atoms with van der Waals surface area (Å²) in [5.74, 6) is -0.334. The molecule has 0 aromatic heterocycles. The first-order chi connectivity index (χ1) is 13.8. The van der Waals surface area contributed by atoms with Gasteiger partial charge in [0.2, 0.25) is 15.9 Å². The molecule has 0 saturated heterocycles. The summed E-state index contributed by atoms with van der Waals surface area (Å²) in [6.07, 6.45) is 0. The molecule has 3 rings (SSSR count). The normalized spacial score (nSPS) is 13.8. The first kappa shape index (κ1) is 20.8. The van der Waals surface area contributed by atoms with Crippen molar-refractivity contribution in [3.05, 3.63) is 48.5 Å². The van der Waals surface area contributed by atoms with Crippen molar-refractivity contribution in [2.45, 2.75) is 18.7 Å². The van der Waals surface area contributed by atoms with Crippen LogP contribution in [0.1, 0.15) is 13.8 Å². The second-order valence-corrected chi connectivity index (χ2v) is 8.40. The van der Waals surface area contributed by atoms with Gasteiger partial charge in [0.05, 0.1) is 17.1 Å². The average molecular weight is 417 g/mol. The fourth-order valence-corrected chi connectivity index (χ4v) is 4.60. The molecule has 0 saturated carbocycles. The molecule has 0 spiro atoms. The molecule has 0 unspecified atom stereocenters. The van der Waals surface area contributed by atoms with Gasteiger partial charge in [0.1, 0.15) is 6.54 Å².